The molecule has 0 aliphatic carbocycles. The van der Waals surface area contributed by atoms with E-state index < -0.39 is 23.6 Å². The molecule has 0 aliphatic rings. The minimum atomic E-state index is -1.54. The van der Waals surface area contributed by atoms with Crippen LogP contribution in [0.2, 0.25) is 0 Å². The van der Waals surface area contributed by atoms with Gasteiger partial charge >= 0.3 is 0 Å². The van der Waals surface area contributed by atoms with Gasteiger partial charge in [-0.3, -0.25) is 0 Å². The normalized spacial score (nSPS) is 12.8. The van der Waals surface area contributed by atoms with Gasteiger partial charge in [0.1, 0.15) is 6.10 Å². The molecule has 1 nitrogen and oxygen atoms in total. The fraction of sp³-hybridized carbons (Fsp3) is 0.0909. The zero-order chi connectivity index (χ0) is 12.6. The van der Waals surface area contributed by atoms with Crippen LogP contribution in [0.4, 0.5) is 13.2 Å². The van der Waals surface area contributed by atoms with Crippen molar-refractivity contribution in [1.29, 1.82) is 0 Å². The largest absolute Gasteiger partial charge is 0.383 e. The first-order chi connectivity index (χ1) is 8.00. The molecule has 0 fully saturated rings. The molecule has 0 radical (unpaired) electrons. The summed E-state index contributed by atoms with van der Waals surface area (Å²) < 4.78 is 39.4. The molecule has 1 aromatic carbocycles. The molecule has 6 heteroatoms. The van der Waals surface area contributed by atoms with Crippen molar-refractivity contribution in [2.45, 2.75) is 6.10 Å². The summed E-state index contributed by atoms with van der Waals surface area (Å²) in [6.45, 7) is 0. The van der Waals surface area contributed by atoms with Crippen molar-refractivity contribution in [1.82, 2.24) is 0 Å². The van der Waals surface area contributed by atoms with E-state index in [4.69, 9.17) is 0 Å². The van der Waals surface area contributed by atoms with Crippen LogP contribution in [0.3, 0.4) is 0 Å². The standard InChI is InChI=1S/C11H6BrF3OS/c12-6-1-2-17-11(6)10(16)5-3-7(13)9(15)8(14)4-5/h1-4,10,16H. The van der Waals surface area contributed by atoms with Gasteiger partial charge in [-0.2, -0.15) is 0 Å². The molecule has 0 aliphatic heterocycles. The van der Waals surface area contributed by atoms with Gasteiger partial charge in [-0.1, -0.05) is 0 Å². The molecule has 0 saturated carbocycles. The van der Waals surface area contributed by atoms with Gasteiger partial charge in [0.05, 0.1) is 4.88 Å². The highest BCUT2D eigenvalue weighted by molar-refractivity contribution is 9.10. The lowest BCUT2D eigenvalue weighted by Crippen LogP contribution is -2.02. The van der Waals surface area contributed by atoms with E-state index in [1.165, 1.54) is 11.3 Å². The molecule has 1 atom stereocenters. The number of hydrogen-bond acceptors (Lipinski definition) is 2. The van der Waals surface area contributed by atoms with Gasteiger partial charge in [-0.05, 0) is 45.1 Å². The summed E-state index contributed by atoms with van der Waals surface area (Å²) in [5.74, 6) is -4.16. The molecule has 0 spiro atoms. The molecule has 1 N–H and O–H groups in total. The van der Waals surface area contributed by atoms with Gasteiger partial charge in [0.15, 0.2) is 17.5 Å². The molecular weight excluding hydrogens is 317 g/mol. The zero-order valence-electron chi connectivity index (χ0n) is 8.25. The maximum Gasteiger partial charge on any atom is 0.194 e. The second kappa shape index (κ2) is 4.80. The number of halogens is 4. The Morgan fingerprint density at radius 2 is 1.76 bits per heavy atom. The van der Waals surface area contributed by atoms with E-state index in [9.17, 15) is 18.3 Å². The highest BCUT2D eigenvalue weighted by Crippen LogP contribution is 2.33. The van der Waals surface area contributed by atoms with E-state index >= 15 is 0 Å². The van der Waals surface area contributed by atoms with Gasteiger partial charge in [0.25, 0.3) is 0 Å². The first-order valence-corrected chi connectivity index (χ1v) is 6.23. The van der Waals surface area contributed by atoms with Crippen LogP contribution in [-0.2, 0) is 0 Å². The molecule has 2 rings (SSSR count). The van der Waals surface area contributed by atoms with Crippen molar-refractivity contribution in [2.75, 3.05) is 0 Å². The van der Waals surface area contributed by atoms with Gasteiger partial charge in [-0.15, -0.1) is 11.3 Å². The molecule has 1 aromatic heterocycles. The number of benzene rings is 1. The predicted molar refractivity (Wildman–Crippen MR) is 62.4 cm³/mol. The van der Waals surface area contributed by atoms with E-state index in [1.807, 2.05) is 0 Å². The lowest BCUT2D eigenvalue weighted by atomic mass is 10.1. The number of aliphatic hydroxyl groups excluding tert-OH is 1. The minimum Gasteiger partial charge on any atom is -0.383 e. The third kappa shape index (κ3) is 2.38. The van der Waals surface area contributed by atoms with Crippen molar-refractivity contribution in [3.05, 3.63) is 55.9 Å². The molecule has 0 amide bonds. The summed E-state index contributed by atoms with van der Waals surface area (Å²) in [7, 11) is 0. The highest BCUT2D eigenvalue weighted by Gasteiger charge is 2.19. The average molecular weight is 323 g/mol. The summed E-state index contributed by atoms with van der Waals surface area (Å²) in [6.07, 6.45) is -1.19. The van der Waals surface area contributed by atoms with Crippen molar-refractivity contribution in [3.63, 3.8) is 0 Å². The van der Waals surface area contributed by atoms with Crippen LogP contribution in [0.15, 0.2) is 28.1 Å². The van der Waals surface area contributed by atoms with Crippen LogP contribution in [0.25, 0.3) is 0 Å². The Bertz CT molecular complexity index is 532. The van der Waals surface area contributed by atoms with Gasteiger partial charge < -0.3 is 5.11 Å². The van der Waals surface area contributed by atoms with Crippen molar-refractivity contribution >= 4 is 27.3 Å². The van der Waals surface area contributed by atoms with Crippen LogP contribution in [0.1, 0.15) is 16.5 Å². The summed E-state index contributed by atoms with van der Waals surface area (Å²) >= 11 is 4.44. The number of thiophene rings is 1. The summed E-state index contributed by atoms with van der Waals surface area (Å²) in [5.41, 5.74) is -0.0236. The van der Waals surface area contributed by atoms with Crippen molar-refractivity contribution < 1.29 is 18.3 Å². The van der Waals surface area contributed by atoms with Crippen LogP contribution >= 0.6 is 27.3 Å². The van der Waals surface area contributed by atoms with Gasteiger partial charge in [0.2, 0.25) is 0 Å². The van der Waals surface area contributed by atoms with E-state index in [0.29, 0.717) is 9.35 Å². The summed E-state index contributed by atoms with van der Waals surface area (Å²) in [4.78, 5) is 0.510. The Kier molecular flexibility index (Phi) is 3.56. The fourth-order valence-electron chi connectivity index (χ4n) is 1.38. The maximum atomic E-state index is 13.0. The van der Waals surface area contributed by atoms with Gasteiger partial charge in [-0.25, -0.2) is 13.2 Å². The van der Waals surface area contributed by atoms with Crippen molar-refractivity contribution in [2.24, 2.45) is 0 Å². The summed E-state index contributed by atoms with van der Waals surface area (Å²) in [5, 5.41) is 11.6. The topological polar surface area (TPSA) is 20.2 Å². The smallest absolute Gasteiger partial charge is 0.194 e. The third-order valence-electron chi connectivity index (χ3n) is 2.21. The molecule has 1 heterocycles. The number of hydrogen-bond donors (Lipinski definition) is 1. The lowest BCUT2D eigenvalue weighted by Gasteiger charge is -2.10. The molecular formula is C11H6BrF3OS. The SMILES string of the molecule is OC(c1cc(F)c(F)c(F)c1)c1sccc1Br. The van der Waals surface area contributed by atoms with E-state index in [2.05, 4.69) is 15.9 Å². The van der Waals surface area contributed by atoms with E-state index in [-0.39, 0.29) is 5.56 Å². The second-order valence-corrected chi connectivity index (χ2v) is 5.14. The molecule has 17 heavy (non-hydrogen) atoms. The average Bonchev–Trinajstić information content (AvgIpc) is 2.70. The quantitative estimate of drug-likeness (QED) is 0.828. The van der Waals surface area contributed by atoms with Crippen LogP contribution in [0.5, 0.6) is 0 Å². The molecule has 1 unspecified atom stereocenters. The molecule has 0 bridgehead atoms. The summed E-state index contributed by atoms with van der Waals surface area (Å²) in [6, 6.07) is 3.28. The Balaban J connectivity index is 2.45. The fourth-order valence-corrected chi connectivity index (χ4v) is 2.99. The van der Waals surface area contributed by atoms with Crippen LogP contribution < -0.4 is 0 Å². The van der Waals surface area contributed by atoms with Gasteiger partial charge in [0, 0.05) is 4.47 Å². The predicted octanol–water partition coefficient (Wildman–Crippen LogP) is 4.01. The van der Waals surface area contributed by atoms with E-state index in [0.717, 1.165) is 12.1 Å². The Labute approximate surface area is 108 Å². The Hall–Kier alpha value is -0.850. The van der Waals surface area contributed by atoms with Crippen molar-refractivity contribution in [3.8, 4) is 0 Å². The number of aliphatic hydroxyl groups is 1. The lowest BCUT2D eigenvalue weighted by molar-refractivity contribution is 0.221. The Morgan fingerprint density at radius 3 is 2.24 bits per heavy atom. The van der Waals surface area contributed by atoms with Crippen LogP contribution in [-0.4, -0.2) is 5.11 Å². The highest BCUT2D eigenvalue weighted by atomic mass is 79.9. The molecule has 2 aromatic rings. The zero-order valence-corrected chi connectivity index (χ0v) is 10.7. The number of rotatable bonds is 2. The first kappa shape index (κ1) is 12.6. The van der Waals surface area contributed by atoms with E-state index in [1.54, 1.807) is 11.4 Å². The third-order valence-corrected chi connectivity index (χ3v) is 4.14. The molecule has 0 saturated heterocycles. The Morgan fingerprint density at radius 1 is 1.18 bits per heavy atom. The molecule has 90 valence electrons. The second-order valence-electron chi connectivity index (χ2n) is 3.33. The first-order valence-electron chi connectivity index (χ1n) is 4.56. The minimum absolute atomic E-state index is 0.0236. The monoisotopic (exact) mass is 322 g/mol. The van der Waals surface area contributed by atoms with Crippen LogP contribution in [0, 0.1) is 17.5 Å². The maximum absolute atomic E-state index is 13.0.